The Kier molecular flexibility index (Phi) is 3.36. The average Bonchev–Trinajstić information content (AvgIpc) is 3.21. The molecule has 3 aromatic carbocycles. The van der Waals surface area contributed by atoms with E-state index >= 15 is 0 Å². The van der Waals surface area contributed by atoms with Crippen molar-refractivity contribution in [3.8, 4) is 11.1 Å². The van der Waals surface area contributed by atoms with Crippen LogP contribution in [0, 0.1) is 0 Å². The largest absolute Gasteiger partial charge is 0.396 e. The highest BCUT2D eigenvalue weighted by Gasteiger charge is 2.29. The van der Waals surface area contributed by atoms with Gasteiger partial charge in [0.2, 0.25) is 0 Å². The summed E-state index contributed by atoms with van der Waals surface area (Å²) in [7, 11) is 0. The Balaban J connectivity index is 1.67. The van der Waals surface area contributed by atoms with Gasteiger partial charge < -0.3 is 5.11 Å². The summed E-state index contributed by atoms with van der Waals surface area (Å²) >= 11 is 0. The fraction of sp³-hybridized carbons (Fsp3) is 0.167. The SMILES string of the molecule is OCCC1=CC(c2cccc3c2Cc2ccccc2-3)c2ccccc21. The maximum absolute atomic E-state index is 9.44. The summed E-state index contributed by atoms with van der Waals surface area (Å²) in [5.41, 5.74) is 11.0. The second kappa shape index (κ2) is 5.72. The van der Waals surface area contributed by atoms with Crippen LogP contribution >= 0.6 is 0 Å². The summed E-state index contributed by atoms with van der Waals surface area (Å²) < 4.78 is 0. The first-order valence-electron chi connectivity index (χ1n) is 8.97. The lowest BCUT2D eigenvalue weighted by atomic mass is 9.88. The molecule has 1 N–H and O–H groups in total. The first-order valence-corrected chi connectivity index (χ1v) is 8.97. The van der Waals surface area contributed by atoms with E-state index in [4.69, 9.17) is 0 Å². The van der Waals surface area contributed by atoms with E-state index in [1.165, 1.54) is 44.5 Å². The number of aliphatic hydroxyl groups excluding tert-OH is 1. The molecule has 0 heterocycles. The van der Waals surface area contributed by atoms with Gasteiger partial charge in [0.15, 0.2) is 0 Å². The quantitative estimate of drug-likeness (QED) is 0.551. The molecule has 1 atom stereocenters. The minimum absolute atomic E-state index is 0.200. The molecule has 25 heavy (non-hydrogen) atoms. The van der Waals surface area contributed by atoms with E-state index in [0.29, 0.717) is 5.92 Å². The Morgan fingerprint density at radius 3 is 2.36 bits per heavy atom. The number of fused-ring (bicyclic) bond motifs is 4. The van der Waals surface area contributed by atoms with Crippen LogP contribution in [0.1, 0.15) is 40.2 Å². The summed E-state index contributed by atoms with van der Waals surface area (Å²) in [4.78, 5) is 0. The number of benzene rings is 3. The summed E-state index contributed by atoms with van der Waals surface area (Å²) in [5, 5.41) is 9.44. The third kappa shape index (κ3) is 2.20. The highest BCUT2D eigenvalue weighted by atomic mass is 16.2. The molecule has 1 nitrogen and oxygen atoms in total. The lowest BCUT2D eigenvalue weighted by Crippen LogP contribution is -2.00. The van der Waals surface area contributed by atoms with Crippen molar-refractivity contribution in [1.29, 1.82) is 0 Å². The van der Waals surface area contributed by atoms with Gasteiger partial charge in [0.1, 0.15) is 0 Å². The maximum atomic E-state index is 9.44. The molecule has 2 aliphatic rings. The zero-order valence-electron chi connectivity index (χ0n) is 14.1. The van der Waals surface area contributed by atoms with Crippen LogP contribution in [0.25, 0.3) is 16.7 Å². The van der Waals surface area contributed by atoms with Crippen molar-refractivity contribution in [2.45, 2.75) is 18.8 Å². The topological polar surface area (TPSA) is 20.2 Å². The van der Waals surface area contributed by atoms with E-state index in [2.05, 4.69) is 72.8 Å². The molecule has 0 spiro atoms. The molecular weight excluding hydrogens is 304 g/mol. The van der Waals surface area contributed by atoms with Gasteiger partial charge in [-0.25, -0.2) is 0 Å². The molecular formula is C24H20O. The Hall–Kier alpha value is -2.64. The summed E-state index contributed by atoms with van der Waals surface area (Å²) in [6, 6.07) is 24.1. The van der Waals surface area contributed by atoms with Gasteiger partial charge in [-0.15, -0.1) is 0 Å². The summed E-state index contributed by atoms with van der Waals surface area (Å²) in [5.74, 6) is 0.294. The second-order valence-corrected chi connectivity index (χ2v) is 6.94. The van der Waals surface area contributed by atoms with E-state index < -0.39 is 0 Å². The predicted octanol–water partition coefficient (Wildman–Crippen LogP) is 5.17. The molecule has 0 saturated carbocycles. The average molecular weight is 324 g/mol. The van der Waals surface area contributed by atoms with E-state index in [9.17, 15) is 5.11 Å². The van der Waals surface area contributed by atoms with Gasteiger partial charge in [-0.3, -0.25) is 0 Å². The zero-order chi connectivity index (χ0) is 16.8. The van der Waals surface area contributed by atoms with Crippen LogP contribution in [-0.4, -0.2) is 11.7 Å². The maximum Gasteiger partial charge on any atom is 0.0471 e. The monoisotopic (exact) mass is 324 g/mol. The van der Waals surface area contributed by atoms with Crippen molar-refractivity contribution < 1.29 is 5.11 Å². The molecule has 5 rings (SSSR count). The molecule has 0 saturated heterocycles. The summed E-state index contributed by atoms with van der Waals surface area (Å²) in [6.45, 7) is 0.200. The third-order valence-electron chi connectivity index (χ3n) is 5.61. The van der Waals surface area contributed by atoms with Crippen LogP contribution in [0.4, 0.5) is 0 Å². The molecule has 1 unspecified atom stereocenters. The van der Waals surface area contributed by atoms with E-state index in [1.54, 1.807) is 0 Å². The molecule has 0 radical (unpaired) electrons. The molecule has 0 aromatic heterocycles. The molecule has 0 aliphatic heterocycles. The van der Waals surface area contributed by atoms with Crippen molar-refractivity contribution in [2.24, 2.45) is 0 Å². The Labute approximate surface area is 148 Å². The highest BCUT2D eigenvalue weighted by molar-refractivity contribution is 5.81. The first-order chi connectivity index (χ1) is 12.4. The fourth-order valence-corrected chi connectivity index (χ4v) is 4.51. The van der Waals surface area contributed by atoms with Crippen molar-refractivity contribution in [3.63, 3.8) is 0 Å². The van der Waals surface area contributed by atoms with Crippen LogP contribution in [0.3, 0.4) is 0 Å². The number of hydrogen-bond donors (Lipinski definition) is 1. The molecule has 2 aliphatic carbocycles. The van der Waals surface area contributed by atoms with Gasteiger partial charge in [-0.1, -0.05) is 72.8 Å². The Morgan fingerprint density at radius 1 is 0.760 bits per heavy atom. The van der Waals surface area contributed by atoms with Crippen LogP contribution in [0.15, 0.2) is 72.8 Å². The van der Waals surface area contributed by atoms with Gasteiger partial charge >= 0.3 is 0 Å². The molecule has 0 fully saturated rings. The molecule has 3 aromatic rings. The third-order valence-corrected chi connectivity index (χ3v) is 5.61. The van der Waals surface area contributed by atoms with Gasteiger partial charge in [-0.05, 0) is 57.4 Å². The molecule has 0 amide bonds. The number of rotatable bonds is 3. The van der Waals surface area contributed by atoms with E-state index in [0.717, 1.165) is 12.8 Å². The minimum atomic E-state index is 0.200. The fourth-order valence-electron chi connectivity index (χ4n) is 4.51. The Bertz CT molecular complexity index is 996. The zero-order valence-corrected chi connectivity index (χ0v) is 14.1. The van der Waals surface area contributed by atoms with E-state index in [1.807, 2.05) is 0 Å². The summed E-state index contributed by atoms with van der Waals surface area (Å²) in [6.07, 6.45) is 4.10. The van der Waals surface area contributed by atoms with Crippen molar-refractivity contribution >= 4 is 5.57 Å². The van der Waals surface area contributed by atoms with Gasteiger partial charge in [-0.2, -0.15) is 0 Å². The van der Waals surface area contributed by atoms with Crippen LogP contribution < -0.4 is 0 Å². The van der Waals surface area contributed by atoms with Gasteiger partial charge in [0.25, 0.3) is 0 Å². The smallest absolute Gasteiger partial charge is 0.0471 e. The van der Waals surface area contributed by atoms with Gasteiger partial charge in [0, 0.05) is 12.5 Å². The van der Waals surface area contributed by atoms with Gasteiger partial charge in [0.05, 0.1) is 0 Å². The van der Waals surface area contributed by atoms with Crippen molar-refractivity contribution in [3.05, 3.63) is 101 Å². The number of hydrogen-bond acceptors (Lipinski definition) is 1. The second-order valence-electron chi connectivity index (χ2n) is 6.94. The number of aliphatic hydroxyl groups is 1. The predicted molar refractivity (Wildman–Crippen MR) is 103 cm³/mol. The normalized spacial score (nSPS) is 17.0. The molecule has 0 bridgehead atoms. The highest BCUT2D eigenvalue weighted by Crippen LogP contribution is 2.46. The van der Waals surface area contributed by atoms with Crippen LogP contribution in [0.5, 0.6) is 0 Å². The molecule has 122 valence electrons. The van der Waals surface area contributed by atoms with E-state index in [-0.39, 0.29) is 6.61 Å². The standard InChI is InChI=1S/C24H20O/c25-13-12-17-15-24(20-9-4-3-8-19(17)20)22-11-5-10-21-18-7-2-1-6-16(18)14-23(21)22/h1-11,15,24-25H,12-14H2. The Morgan fingerprint density at radius 2 is 1.48 bits per heavy atom. The van der Waals surface area contributed by atoms with Crippen molar-refractivity contribution in [1.82, 2.24) is 0 Å². The first kappa shape index (κ1) is 14.7. The lowest BCUT2D eigenvalue weighted by Gasteiger charge is -2.16. The van der Waals surface area contributed by atoms with Crippen molar-refractivity contribution in [2.75, 3.05) is 6.61 Å². The lowest BCUT2D eigenvalue weighted by molar-refractivity contribution is 0.305. The van der Waals surface area contributed by atoms with Crippen LogP contribution in [0.2, 0.25) is 0 Å². The van der Waals surface area contributed by atoms with Crippen LogP contribution in [-0.2, 0) is 6.42 Å². The minimum Gasteiger partial charge on any atom is -0.396 e. The molecule has 1 heteroatoms. The number of allylic oxidation sites excluding steroid dienone is 1.